The molecule has 1 fully saturated rings. The highest BCUT2D eigenvalue weighted by Crippen LogP contribution is 2.23. The fraction of sp³-hybridized carbons (Fsp3) is 0.529. The lowest BCUT2D eigenvalue weighted by molar-refractivity contribution is 0.101. The van der Waals surface area contributed by atoms with Gasteiger partial charge in [0.15, 0.2) is 0 Å². The number of nitrogens with one attached hydrogen (secondary N) is 1. The van der Waals surface area contributed by atoms with Crippen molar-refractivity contribution in [3.63, 3.8) is 0 Å². The van der Waals surface area contributed by atoms with E-state index in [9.17, 15) is 13.2 Å². The SMILES string of the molecule is CCC(C)n1nccc1NC(=O)c1cc(S(=O)(=O)N2CCCC2)cn1C. The molecule has 1 N–H and O–H groups in total. The van der Waals surface area contributed by atoms with E-state index in [1.165, 1.54) is 16.6 Å². The molecule has 1 aliphatic heterocycles. The summed E-state index contributed by atoms with van der Waals surface area (Å²) >= 11 is 0. The predicted molar refractivity (Wildman–Crippen MR) is 98.6 cm³/mol. The standard InChI is InChI=1S/C17H25N5O3S/c1-4-13(2)22-16(7-8-18-22)19-17(23)15-11-14(12-20(15)3)26(24,25)21-9-5-6-10-21/h7-8,11-13H,4-6,9-10H2,1-3H3,(H,19,23). The Morgan fingerprint density at radius 1 is 1.35 bits per heavy atom. The molecule has 1 saturated heterocycles. The van der Waals surface area contributed by atoms with Gasteiger partial charge < -0.3 is 9.88 Å². The molecule has 0 saturated carbocycles. The van der Waals surface area contributed by atoms with Crippen molar-refractivity contribution in [2.24, 2.45) is 7.05 Å². The molecule has 3 rings (SSSR count). The van der Waals surface area contributed by atoms with Crippen LogP contribution >= 0.6 is 0 Å². The molecule has 8 nitrogen and oxygen atoms in total. The third-order valence-corrected chi connectivity index (χ3v) is 6.70. The summed E-state index contributed by atoms with van der Waals surface area (Å²) in [5.74, 6) is 0.231. The highest BCUT2D eigenvalue weighted by atomic mass is 32.2. The Balaban J connectivity index is 1.83. The van der Waals surface area contributed by atoms with Crippen molar-refractivity contribution in [2.75, 3.05) is 18.4 Å². The zero-order valence-corrected chi connectivity index (χ0v) is 16.2. The van der Waals surface area contributed by atoms with Gasteiger partial charge in [0.25, 0.3) is 5.91 Å². The average molecular weight is 379 g/mol. The minimum atomic E-state index is -3.55. The Kier molecular flexibility index (Phi) is 5.19. The molecule has 0 spiro atoms. The van der Waals surface area contributed by atoms with Gasteiger partial charge in [-0.05, 0) is 32.3 Å². The molecule has 1 atom stereocenters. The first-order chi connectivity index (χ1) is 12.3. The summed E-state index contributed by atoms with van der Waals surface area (Å²) in [4.78, 5) is 12.8. The second-order valence-electron chi connectivity index (χ2n) is 6.66. The highest BCUT2D eigenvalue weighted by Gasteiger charge is 2.29. The van der Waals surface area contributed by atoms with Crippen LogP contribution in [0.15, 0.2) is 29.4 Å². The summed E-state index contributed by atoms with van der Waals surface area (Å²) in [5.41, 5.74) is 0.291. The van der Waals surface area contributed by atoms with E-state index >= 15 is 0 Å². The number of hydrogen-bond donors (Lipinski definition) is 1. The van der Waals surface area contributed by atoms with Crippen LogP contribution in [0.3, 0.4) is 0 Å². The predicted octanol–water partition coefficient (Wildman–Crippen LogP) is 2.23. The number of sulfonamides is 1. The van der Waals surface area contributed by atoms with Gasteiger partial charge in [0.05, 0.1) is 12.2 Å². The molecule has 0 radical (unpaired) electrons. The molecule has 2 aromatic rings. The van der Waals surface area contributed by atoms with E-state index in [2.05, 4.69) is 10.4 Å². The second-order valence-corrected chi connectivity index (χ2v) is 8.59. The summed E-state index contributed by atoms with van der Waals surface area (Å²) in [7, 11) is -1.88. The molecule has 0 aliphatic carbocycles. The van der Waals surface area contributed by atoms with Crippen LogP contribution in [0.4, 0.5) is 5.82 Å². The first kappa shape index (κ1) is 18.7. The Labute approximate surface area is 153 Å². The number of aryl methyl sites for hydroxylation is 1. The van der Waals surface area contributed by atoms with Crippen LogP contribution < -0.4 is 5.32 Å². The van der Waals surface area contributed by atoms with Gasteiger partial charge in [-0.25, -0.2) is 13.1 Å². The smallest absolute Gasteiger partial charge is 0.273 e. The van der Waals surface area contributed by atoms with Crippen molar-refractivity contribution in [3.05, 3.63) is 30.2 Å². The van der Waals surface area contributed by atoms with Crippen LogP contribution in [0.5, 0.6) is 0 Å². The lowest BCUT2D eigenvalue weighted by atomic mass is 10.3. The number of carbonyl (C=O) groups excluding carboxylic acids is 1. The topological polar surface area (TPSA) is 89.2 Å². The molecule has 1 aliphatic rings. The molecule has 3 heterocycles. The lowest BCUT2D eigenvalue weighted by Crippen LogP contribution is -2.27. The van der Waals surface area contributed by atoms with Crippen LogP contribution in [0.2, 0.25) is 0 Å². The van der Waals surface area contributed by atoms with E-state index in [4.69, 9.17) is 0 Å². The number of nitrogens with zero attached hydrogens (tertiary/aromatic N) is 4. The maximum atomic E-state index is 12.7. The lowest BCUT2D eigenvalue weighted by Gasteiger charge is -2.14. The monoisotopic (exact) mass is 379 g/mol. The zero-order valence-electron chi connectivity index (χ0n) is 15.3. The maximum absolute atomic E-state index is 12.7. The molecule has 26 heavy (non-hydrogen) atoms. The maximum Gasteiger partial charge on any atom is 0.273 e. The van der Waals surface area contributed by atoms with E-state index in [0.717, 1.165) is 19.3 Å². The normalized spacial score (nSPS) is 16.7. The molecule has 0 bridgehead atoms. The van der Waals surface area contributed by atoms with E-state index < -0.39 is 10.0 Å². The summed E-state index contributed by atoms with van der Waals surface area (Å²) in [6.07, 6.45) is 5.76. The third-order valence-electron chi connectivity index (χ3n) is 4.84. The Morgan fingerprint density at radius 2 is 2.04 bits per heavy atom. The van der Waals surface area contributed by atoms with Crippen LogP contribution in [-0.4, -0.2) is 46.1 Å². The molecular formula is C17H25N5O3S. The molecule has 1 unspecified atom stereocenters. The van der Waals surface area contributed by atoms with Gasteiger partial charge in [0, 0.05) is 32.4 Å². The van der Waals surface area contributed by atoms with Gasteiger partial charge in [-0.3, -0.25) is 4.79 Å². The van der Waals surface area contributed by atoms with Crippen molar-refractivity contribution < 1.29 is 13.2 Å². The molecule has 142 valence electrons. The number of rotatable bonds is 6. The van der Waals surface area contributed by atoms with Gasteiger partial charge in [-0.15, -0.1) is 0 Å². The number of anilines is 1. The van der Waals surface area contributed by atoms with Crippen LogP contribution in [0, 0.1) is 0 Å². The minimum absolute atomic E-state index is 0.153. The van der Waals surface area contributed by atoms with Gasteiger partial charge in [-0.2, -0.15) is 9.40 Å². The second kappa shape index (κ2) is 7.24. The Morgan fingerprint density at radius 3 is 2.69 bits per heavy atom. The summed E-state index contributed by atoms with van der Waals surface area (Å²) in [6, 6.07) is 3.32. The van der Waals surface area contributed by atoms with E-state index in [-0.39, 0.29) is 16.8 Å². The highest BCUT2D eigenvalue weighted by molar-refractivity contribution is 7.89. The van der Waals surface area contributed by atoms with Gasteiger partial charge >= 0.3 is 0 Å². The largest absolute Gasteiger partial charge is 0.345 e. The Bertz CT molecular complexity index is 893. The van der Waals surface area contributed by atoms with Gasteiger partial charge in [-0.1, -0.05) is 6.92 Å². The third kappa shape index (κ3) is 3.41. The molecule has 9 heteroatoms. The first-order valence-electron chi connectivity index (χ1n) is 8.86. The van der Waals surface area contributed by atoms with E-state index in [0.29, 0.717) is 24.6 Å². The van der Waals surface area contributed by atoms with Gasteiger partial charge in [0.2, 0.25) is 10.0 Å². The van der Waals surface area contributed by atoms with Crippen LogP contribution in [0.1, 0.15) is 49.6 Å². The van der Waals surface area contributed by atoms with Crippen molar-refractivity contribution in [1.29, 1.82) is 0 Å². The number of aromatic nitrogens is 3. The van der Waals surface area contributed by atoms with E-state index in [1.54, 1.807) is 28.6 Å². The zero-order chi connectivity index (χ0) is 18.9. The Hall–Kier alpha value is -2.13. The van der Waals surface area contributed by atoms with E-state index in [1.807, 2.05) is 13.8 Å². The molecule has 2 aromatic heterocycles. The first-order valence-corrected chi connectivity index (χ1v) is 10.3. The van der Waals surface area contributed by atoms with Crippen molar-refractivity contribution in [2.45, 2.75) is 44.0 Å². The van der Waals surface area contributed by atoms with Gasteiger partial charge in [0.1, 0.15) is 16.4 Å². The van der Waals surface area contributed by atoms with Crippen LogP contribution in [-0.2, 0) is 17.1 Å². The minimum Gasteiger partial charge on any atom is -0.345 e. The molecule has 0 aromatic carbocycles. The number of carbonyl (C=O) groups is 1. The van der Waals surface area contributed by atoms with Crippen LogP contribution in [0.25, 0.3) is 0 Å². The number of hydrogen-bond acceptors (Lipinski definition) is 4. The van der Waals surface area contributed by atoms with Crippen molar-refractivity contribution in [3.8, 4) is 0 Å². The summed E-state index contributed by atoms with van der Waals surface area (Å²) < 4.78 is 30.1. The molecular weight excluding hydrogens is 354 g/mol. The fourth-order valence-electron chi connectivity index (χ4n) is 3.10. The fourth-order valence-corrected chi connectivity index (χ4v) is 4.69. The number of amides is 1. The van der Waals surface area contributed by atoms with Crippen molar-refractivity contribution >= 4 is 21.7 Å². The molecule has 1 amide bonds. The average Bonchev–Trinajstić information content (AvgIpc) is 3.34. The van der Waals surface area contributed by atoms with Crippen molar-refractivity contribution in [1.82, 2.24) is 18.7 Å². The quantitative estimate of drug-likeness (QED) is 0.833. The summed E-state index contributed by atoms with van der Waals surface area (Å²) in [6.45, 7) is 5.14. The summed E-state index contributed by atoms with van der Waals surface area (Å²) in [5, 5.41) is 7.07.